The number of aromatic amines is 1. The van der Waals surface area contributed by atoms with Crippen molar-refractivity contribution >= 4 is 34.1 Å². The zero-order chi connectivity index (χ0) is 30.5. The zero-order valence-corrected chi connectivity index (χ0v) is 25.2. The number of rotatable bonds is 17. The smallest absolute Gasteiger partial charge is 0.277 e. The van der Waals surface area contributed by atoms with Crippen LogP contribution in [0.15, 0.2) is 47.3 Å². The largest absolute Gasteiger partial charge is 0.505 e. The van der Waals surface area contributed by atoms with E-state index in [2.05, 4.69) is 64.0 Å². The van der Waals surface area contributed by atoms with Crippen LogP contribution in [0.2, 0.25) is 0 Å². The van der Waals surface area contributed by atoms with E-state index in [4.69, 9.17) is 0 Å². The minimum atomic E-state index is -0.521. The molecule has 0 spiro atoms. The van der Waals surface area contributed by atoms with Gasteiger partial charge in [0.1, 0.15) is 0 Å². The normalized spacial score (nSPS) is 11.2. The summed E-state index contributed by atoms with van der Waals surface area (Å²) in [6.45, 7) is 15.0. The molecule has 0 radical (unpaired) electrons. The van der Waals surface area contributed by atoms with Crippen molar-refractivity contribution in [3.8, 4) is 5.75 Å². The second-order valence-electron chi connectivity index (χ2n) is 10.0. The highest BCUT2D eigenvalue weighted by Crippen LogP contribution is 2.28. The van der Waals surface area contributed by atoms with Gasteiger partial charge < -0.3 is 35.9 Å². The highest BCUT2D eigenvalue weighted by atomic mass is 16.3. The predicted octanol–water partition coefficient (Wildman–Crippen LogP) is 3.60. The van der Waals surface area contributed by atoms with Crippen molar-refractivity contribution in [3.63, 3.8) is 0 Å². The highest BCUT2D eigenvalue weighted by molar-refractivity contribution is 6.01. The Morgan fingerprint density at radius 3 is 1.83 bits per heavy atom. The standard InChI is InChI=1S/C31H45N7O4/c1-5-37(6-2)17-11-15-32-29(40)22-19-23(30(41)33-16-12-18-38(7-3)8-4)21-24(20-22)35-36-27-28(39)25-13-9-10-14-26(25)34-31(27)42/h9-10,13-14,19-21,35-36H,5-8,11-12,15-18H2,1-4H3,(H,32,40)(H,33,41)(H2,34,39,42). The van der Waals surface area contributed by atoms with Crippen LogP contribution in [0.3, 0.4) is 0 Å². The summed E-state index contributed by atoms with van der Waals surface area (Å²) < 4.78 is 0. The second-order valence-corrected chi connectivity index (χ2v) is 10.0. The third-order valence-electron chi connectivity index (χ3n) is 7.35. The first-order valence-corrected chi connectivity index (χ1v) is 14.8. The predicted molar refractivity (Wildman–Crippen MR) is 169 cm³/mol. The molecular formula is C31H45N7O4. The number of pyridine rings is 1. The van der Waals surface area contributed by atoms with Gasteiger partial charge in [-0.25, -0.2) is 0 Å². The van der Waals surface area contributed by atoms with E-state index in [0.717, 1.165) is 52.1 Å². The molecule has 0 aliphatic rings. The number of H-pyrrole nitrogens is 1. The molecule has 0 atom stereocenters. The Hall–Kier alpha value is -4.09. The van der Waals surface area contributed by atoms with Gasteiger partial charge >= 0.3 is 0 Å². The summed E-state index contributed by atoms with van der Waals surface area (Å²) in [5, 5.41) is 17.1. The molecule has 0 unspecified atom stereocenters. The van der Waals surface area contributed by atoms with Crippen molar-refractivity contribution in [1.82, 2.24) is 25.4 Å². The first-order chi connectivity index (χ1) is 20.3. The lowest BCUT2D eigenvalue weighted by Gasteiger charge is -2.18. The molecule has 0 saturated heterocycles. The number of carbonyl (C=O) groups excluding carboxylic acids is 2. The van der Waals surface area contributed by atoms with Gasteiger partial charge in [0.05, 0.1) is 11.2 Å². The van der Waals surface area contributed by atoms with E-state index in [1.54, 1.807) is 42.5 Å². The zero-order valence-electron chi connectivity index (χ0n) is 25.2. The van der Waals surface area contributed by atoms with Gasteiger partial charge in [0.25, 0.3) is 17.4 Å². The van der Waals surface area contributed by atoms with Crippen molar-refractivity contribution in [2.45, 2.75) is 40.5 Å². The number of hydrogen-bond acceptors (Lipinski definition) is 8. The minimum absolute atomic E-state index is 0.0811. The number of hydrogen-bond donors (Lipinski definition) is 6. The maximum atomic E-state index is 13.1. The number of para-hydroxylation sites is 1. The Labute approximate surface area is 247 Å². The van der Waals surface area contributed by atoms with Gasteiger partial charge in [-0.3, -0.25) is 19.8 Å². The molecule has 0 aliphatic carbocycles. The van der Waals surface area contributed by atoms with Crippen LogP contribution in [-0.4, -0.2) is 84.1 Å². The van der Waals surface area contributed by atoms with Crippen LogP contribution in [0.4, 0.5) is 11.4 Å². The maximum absolute atomic E-state index is 13.1. The molecule has 3 rings (SSSR count). The average Bonchev–Trinajstić information content (AvgIpc) is 3.00. The molecule has 6 N–H and O–H groups in total. The first kappa shape index (κ1) is 32.4. The summed E-state index contributed by atoms with van der Waals surface area (Å²) in [4.78, 5) is 46.1. The van der Waals surface area contributed by atoms with Gasteiger partial charge in [0.2, 0.25) is 0 Å². The van der Waals surface area contributed by atoms with Crippen molar-refractivity contribution in [1.29, 1.82) is 0 Å². The summed E-state index contributed by atoms with van der Waals surface area (Å²) in [5.74, 6) is -0.824. The fourth-order valence-corrected chi connectivity index (χ4v) is 4.73. The summed E-state index contributed by atoms with van der Waals surface area (Å²) in [7, 11) is 0. The monoisotopic (exact) mass is 579 g/mol. The summed E-state index contributed by atoms with van der Waals surface area (Å²) in [5.41, 5.74) is 6.53. The van der Waals surface area contributed by atoms with Crippen LogP contribution in [0.25, 0.3) is 10.9 Å². The molecule has 1 aromatic heterocycles. The molecule has 1 heterocycles. The van der Waals surface area contributed by atoms with Crippen molar-refractivity contribution < 1.29 is 14.7 Å². The van der Waals surface area contributed by atoms with E-state index in [0.29, 0.717) is 40.8 Å². The van der Waals surface area contributed by atoms with Crippen LogP contribution >= 0.6 is 0 Å². The molecule has 42 heavy (non-hydrogen) atoms. The van der Waals surface area contributed by atoms with Crippen LogP contribution in [-0.2, 0) is 0 Å². The lowest BCUT2D eigenvalue weighted by Crippen LogP contribution is -2.31. The van der Waals surface area contributed by atoms with Crippen LogP contribution in [0.1, 0.15) is 61.3 Å². The third-order valence-corrected chi connectivity index (χ3v) is 7.35. The maximum Gasteiger partial charge on any atom is 0.277 e. The Morgan fingerprint density at radius 2 is 1.31 bits per heavy atom. The number of nitrogens with one attached hydrogen (secondary N) is 5. The lowest BCUT2D eigenvalue weighted by atomic mass is 10.1. The number of carbonyl (C=O) groups is 2. The Bertz CT molecular complexity index is 1330. The molecule has 11 nitrogen and oxygen atoms in total. The molecule has 3 aromatic rings. The van der Waals surface area contributed by atoms with Crippen LogP contribution in [0.5, 0.6) is 5.75 Å². The number of hydrazine groups is 1. The molecule has 228 valence electrons. The van der Waals surface area contributed by atoms with Gasteiger partial charge in [-0.2, -0.15) is 0 Å². The van der Waals surface area contributed by atoms with Gasteiger partial charge in [-0.15, -0.1) is 0 Å². The molecular weight excluding hydrogens is 534 g/mol. The molecule has 0 saturated carbocycles. The average molecular weight is 580 g/mol. The fraction of sp³-hybridized carbons (Fsp3) is 0.452. The Balaban J connectivity index is 1.77. The Kier molecular flexibility index (Phi) is 12.6. The minimum Gasteiger partial charge on any atom is -0.505 e. The number of fused-ring (bicyclic) bond motifs is 1. The van der Waals surface area contributed by atoms with Crippen molar-refractivity contribution in [2.75, 3.05) is 63.2 Å². The number of benzene rings is 2. The second kappa shape index (κ2) is 16.4. The van der Waals surface area contributed by atoms with Gasteiger partial charge in [-0.05, 0) is 82.4 Å². The molecule has 0 fully saturated rings. The van der Waals surface area contributed by atoms with E-state index in [9.17, 15) is 19.5 Å². The van der Waals surface area contributed by atoms with Crippen LogP contribution in [0, 0.1) is 0 Å². The van der Waals surface area contributed by atoms with E-state index >= 15 is 0 Å². The van der Waals surface area contributed by atoms with Gasteiger partial charge in [0.15, 0.2) is 11.4 Å². The molecule has 11 heteroatoms. The van der Waals surface area contributed by atoms with Gasteiger partial charge in [-0.1, -0.05) is 39.8 Å². The first-order valence-electron chi connectivity index (χ1n) is 14.8. The molecule has 0 aliphatic heterocycles. The Morgan fingerprint density at radius 1 is 0.786 bits per heavy atom. The number of anilines is 2. The summed E-state index contributed by atoms with van der Waals surface area (Å²) >= 11 is 0. The number of aromatic nitrogens is 1. The quantitative estimate of drug-likeness (QED) is 0.105. The third kappa shape index (κ3) is 8.95. The number of aromatic hydroxyl groups is 1. The highest BCUT2D eigenvalue weighted by Gasteiger charge is 2.15. The SMILES string of the molecule is CCN(CC)CCCNC(=O)c1cc(NNc2c(O)c3ccccc3[nH]c2=O)cc(C(=O)NCCCN(CC)CC)c1. The summed E-state index contributed by atoms with van der Waals surface area (Å²) in [6, 6.07) is 11.7. The van der Waals surface area contributed by atoms with Crippen molar-refractivity contribution in [3.05, 3.63) is 63.9 Å². The van der Waals surface area contributed by atoms with E-state index in [1.165, 1.54) is 0 Å². The van der Waals surface area contributed by atoms with E-state index in [-0.39, 0.29) is 23.3 Å². The van der Waals surface area contributed by atoms with Gasteiger partial charge in [0, 0.05) is 29.6 Å². The van der Waals surface area contributed by atoms with Crippen molar-refractivity contribution in [2.24, 2.45) is 0 Å². The summed E-state index contributed by atoms with van der Waals surface area (Å²) in [6.07, 6.45) is 1.60. The number of amides is 2. The molecule has 0 bridgehead atoms. The van der Waals surface area contributed by atoms with E-state index in [1.807, 2.05) is 0 Å². The lowest BCUT2D eigenvalue weighted by molar-refractivity contribution is 0.0951. The topological polar surface area (TPSA) is 142 Å². The number of nitrogens with zero attached hydrogens (tertiary/aromatic N) is 2. The fourth-order valence-electron chi connectivity index (χ4n) is 4.73. The van der Waals surface area contributed by atoms with Crippen LogP contribution < -0.4 is 27.0 Å². The molecule has 2 aromatic carbocycles. The van der Waals surface area contributed by atoms with E-state index < -0.39 is 5.56 Å². The molecule has 2 amide bonds.